The van der Waals surface area contributed by atoms with Crippen LogP contribution in [0.4, 0.5) is 0 Å². The second-order valence-electron chi connectivity index (χ2n) is 6.57. The van der Waals surface area contributed by atoms with Gasteiger partial charge in [0.05, 0.1) is 24.4 Å². The molecule has 0 bridgehead atoms. The summed E-state index contributed by atoms with van der Waals surface area (Å²) >= 11 is 1.55. The van der Waals surface area contributed by atoms with Crippen LogP contribution in [0.15, 0.2) is 22.2 Å². The molecule has 2 aromatic rings. The number of thioether (sulfide) groups is 1. The van der Waals surface area contributed by atoms with Crippen molar-refractivity contribution in [3.8, 4) is 0 Å². The van der Waals surface area contributed by atoms with E-state index in [-0.39, 0.29) is 11.8 Å². The van der Waals surface area contributed by atoms with Crippen LogP contribution in [-0.2, 0) is 17.0 Å². The lowest BCUT2D eigenvalue weighted by atomic mass is 10.2. The lowest BCUT2D eigenvalue weighted by molar-refractivity contribution is 0.0941. The van der Waals surface area contributed by atoms with Gasteiger partial charge in [-0.05, 0) is 31.7 Å². The molecular weight excluding hydrogens is 326 g/mol. The average molecular weight is 349 g/mol. The average Bonchev–Trinajstić information content (AvgIpc) is 3.36. The van der Waals surface area contributed by atoms with Crippen LogP contribution in [0, 0.1) is 0 Å². The van der Waals surface area contributed by atoms with Gasteiger partial charge >= 0.3 is 5.69 Å². The van der Waals surface area contributed by atoms with Crippen molar-refractivity contribution in [2.24, 2.45) is 0 Å². The SMILES string of the molecule is O=c1[nH]nc(SCc2ccn(C3CCCC3)n2)n1C[C@H]1CCCO1. The number of nitrogens with zero attached hydrogens (tertiary/aromatic N) is 4. The zero-order valence-corrected chi connectivity index (χ0v) is 14.5. The van der Waals surface area contributed by atoms with E-state index in [9.17, 15) is 4.79 Å². The van der Waals surface area contributed by atoms with Crippen LogP contribution in [-0.4, -0.2) is 37.3 Å². The maximum Gasteiger partial charge on any atom is 0.344 e. The van der Waals surface area contributed by atoms with Crippen molar-refractivity contribution < 1.29 is 4.74 Å². The number of hydrogen-bond acceptors (Lipinski definition) is 5. The van der Waals surface area contributed by atoms with E-state index in [4.69, 9.17) is 9.84 Å². The van der Waals surface area contributed by atoms with Gasteiger partial charge in [0.1, 0.15) is 0 Å². The highest BCUT2D eigenvalue weighted by molar-refractivity contribution is 7.98. The van der Waals surface area contributed by atoms with Crippen molar-refractivity contribution in [3.63, 3.8) is 0 Å². The Morgan fingerprint density at radius 1 is 1.29 bits per heavy atom. The molecule has 2 fully saturated rings. The van der Waals surface area contributed by atoms with E-state index in [1.807, 2.05) is 0 Å². The Balaban J connectivity index is 1.39. The molecule has 3 heterocycles. The third-order valence-corrected chi connectivity index (χ3v) is 5.85. The highest BCUT2D eigenvalue weighted by atomic mass is 32.2. The molecule has 24 heavy (non-hydrogen) atoms. The summed E-state index contributed by atoms with van der Waals surface area (Å²) in [6.45, 7) is 1.37. The standard InChI is InChI=1S/C16H23N5O2S/c22-15-17-18-16(20(15)10-14-6-3-9-23-14)24-11-12-7-8-21(19-12)13-4-1-2-5-13/h7-8,13-14H,1-6,9-11H2,(H,17,22)/t14-/m1/s1. The molecule has 1 aliphatic heterocycles. The molecule has 1 saturated heterocycles. The zero-order valence-electron chi connectivity index (χ0n) is 13.7. The number of aromatic nitrogens is 5. The maximum atomic E-state index is 12.0. The van der Waals surface area contributed by atoms with Gasteiger partial charge in [0.2, 0.25) is 0 Å². The van der Waals surface area contributed by atoms with Gasteiger partial charge in [-0.3, -0.25) is 9.25 Å². The fraction of sp³-hybridized carbons (Fsp3) is 0.688. The van der Waals surface area contributed by atoms with Crippen LogP contribution in [0.25, 0.3) is 0 Å². The van der Waals surface area contributed by atoms with Crippen LogP contribution in [0.1, 0.15) is 50.3 Å². The first kappa shape index (κ1) is 16.0. The van der Waals surface area contributed by atoms with Crippen LogP contribution >= 0.6 is 11.8 Å². The number of rotatable bonds is 6. The van der Waals surface area contributed by atoms with Gasteiger partial charge in [-0.2, -0.15) is 5.10 Å². The first-order valence-corrected chi connectivity index (χ1v) is 9.72. The molecule has 130 valence electrons. The summed E-state index contributed by atoms with van der Waals surface area (Å²) in [5.41, 5.74) is 0.871. The molecular formula is C16H23N5O2S. The number of nitrogens with one attached hydrogen (secondary N) is 1. The second kappa shape index (κ2) is 7.14. The van der Waals surface area contributed by atoms with Crippen LogP contribution < -0.4 is 5.69 Å². The first-order valence-electron chi connectivity index (χ1n) is 8.73. The van der Waals surface area contributed by atoms with Crippen LogP contribution in [0.2, 0.25) is 0 Å². The number of ether oxygens (including phenoxy) is 1. The third kappa shape index (κ3) is 3.44. The Morgan fingerprint density at radius 3 is 2.96 bits per heavy atom. The molecule has 2 aromatic heterocycles. The molecule has 7 nitrogen and oxygen atoms in total. The molecule has 0 radical (unpaired) electrons. The van der Waals surface area contributed by atoms with E-state index in [2.05, 4.69) is 27.1 Å². The summed E-state index contributed by atoms with van der Waals surface area (Å²) < 4.78 is 9.43. The summed E-state index contributed by atoms with van der Waals surface area (Å²) in [7, 11) is 0. The van der Waals surface area contributed by atoms with E-state index in [0.717, 1.165) is 30.9 Å². The summed E-state index contributed by atoms with van der Waals surface area (Å²) in [6, 6.07) is 2.63. The van der Waals surface area contributed by atoms with Gasteiger partial charge in [0.15, 0.2) is 5.16 Å². The first-order chi connectivity index (χ1) is 11.8. The molecule has 2 aliphatic rings. The quantitative estimate of drug-likeness (QED) is 0.810. The second-order valence-corrected chi connectivity index (χ2v) is 7.51. The van der Waals surface area contributed by atoms with Crippen molar-refractivity contribution in [1.82, 2.24) is 24.5 Å². The molecule has 8 heteroatoms. The van der Waals surface area contributed by atoms with E-state index in [1.54, 1.807) is 16.3 Å². The van der Waals surface area contributed by atoms with E-state index < -0.39 is 0 Å². The van der Waals surface area contributed by atoms with Crippen LogP contribution in [0.5, 0.6) is 0 Å². The number of H-pyrrole nitrogens is 1. The molecule has 1 atom stereocenters. The Kier molecular flexibility index (Phi) is 4.75. The largest absolute Gasteiger partial charge is 0.376 e. The molecule has 0 spiro atoms. The lowest BCUT2D eigenvalue weighted by Crippen LogP contribution is -2.24. The zero-order chi connectivity index (χ0) is 16.4. The minimum absolute atomic E-state index is 0.126. The van der Waals surface area contributed by atoms with E-state index in [0.29, 0.717) is 17.7 Å². The van der Waals surface area contributed by atoms with Crippen molar-refractivity contribution in [1.29, 1.82) is 0 Å². The van der Waals surface area contributed by atoms with Gasteiger partial charge in [0.25, 0.3) is 0 Å². The van der Waals surface area contributed by atoms with Crippen molar-refractivity contribution in [2.75, 3.05) is 6.61 Å². The third-order valence-electron chi connectivity index (χ3n) is 4.84. The van der Waals surface area contributed by atoms with Gasteiger partial charge in [-0.25, -0.2) is 9.89 Å². The monoisotopic (exact) mass is 349 g/mol. The van der Waals surface area contributed by atoms with E-state index >= 15 is 0 Å². The fourth-order valence-electron chi connectivity index (χ4n) is 3.53. The summed E-state index contributed by atoms with van der Waals surface area (Å²) in [6.07, 6.45) is 9.35. The smallest absolute Gasteiger partial charge is 0.344 e. The highest BCUT2D eigenvalue weighted by Gasteiger charge is 2.20. The summed E-state index contributed by atoms with van der Waals surface area (Å²) in [5.74, 6) is 0.718. The lowest BCUT2D eigenvalue weighted by Gasteiger charge is -2.10. The Labute approximate surface area is 144 Å². The number of hydrogen-bond donors (Lipinski definition) is 1. The summed E-state index contributed by atoms with van der Waals surface area (Å²) in [5, 5.41) is 12.1. The number of aromatic amines is 1. The molecule has 0 amide bonds. The molecule has 1 N–H and O–H groups in total. The Morgan fingerprint density at radius 2 is 2.17 bits per heavy atom. The molecule has 4 rings (SSSR count). The predicted octanol–water partition coefficient (Wildman–Crippen LogP) is 2.35. The minimum Gasteiger partial charge on any atom is -0.376 e. The fourth-order valence-corrected chi connectivity index (χ4v) is 4.39. The van der Waals surface area contributed by atoms with Crippen LogP contribution in [0.3, 0.4) is 0 Å². The van der Waals surface area contributed by atoms with Gasteiger partial charge in [0, 0.05) is 18.6 Å². The molecule has 1 aliphatic carbocycles. The van der Waals surface area contributed by atoms with Crippen molar-refractivity contribution in [2.45, 2.75) is 68.1 Å². The van der Waals surface area contributed by atoms with Gasteiger partial charge in [-0.1, -0.05) is 24.6 Å². The molecule has 0 unspecified atom stereocenters. The minimum atomic E-state index is -0.163. The maximum absolute atomic E-state index is 12.0. The van der Waals surface area contributed by atoms with E-state index in [1.165, 1.54) is 25.7 Å². The molecule has 1 saturated carbocycles. The predicted molar refractivity (Wildman–Crippen MR) is 91.1 cm³/mol. The highest BCUT2D eigenvalue weighted by Crippen LogP contribution is 2.29. The van der Waals surface area contributed by atoms with Gasteiger partial charge < -0.3 is 4.74 Å². The topological polar surface area (TPSA) is 77.7 Å². The Bertz CT molecular complexity index is 725. The normalized spacial score (nSPS) is 21.8. The van der Waals surface area contributed by atoms with Gasteiger partial charge in [-0.15, -0.1) is 5.10 Å². The summed E-state index contributed by atoms with van der Waals surface area (Å²) in [4.78, 5) is 12.0. The molecule has 0 aromatic carbocycles. The van der Waals surface area contributed by atoms with Crippen molar-refractivity contribution in [3.05, 3.63) is 28.4 Å². The van der Waals surface area contributed by atoms with Crippen molar-refractivity contribution >= 4 is 11.8 Å². The Hall–Kier alpha value is -1.54.